The van der Waals surface area contributed by atoms with Gasteiger partial charge in [-0.3, -0.25) is 9.80 Å². The van der Waals surface area contributed by atoms with Gasteiger partial charge in [-0.25, -0.2) is 9.59 Å². The molecular weight excluding hydrogens is 621 g/mol. The van der Waals surface area contributed by atoms with Gasteiger partial charge < -0.3 is 28.5 Å². The molecule has 0 radical (unpaired) electrons. The Morgan fingerprint density at radius 1 is 0.609 bits per heavy atom. The molecule has 0 saturated carbocycles. The predicted molar refractivity (Wildman–Crippen MR) is 190 cm³/mol. The fourth-order valence-electron chi connectivity index (χ4n) is 5.15. The molecule has 2 saturated heterocycles. The molecule has 10 nitrogen and oxygen atoms in total. The SMILES string of the molecule is C[C@@H](O)[C@@H]1[C@@H](O[Si](C)(C)C(C)(C)C)CCN1C(=O)OC(C)(C)C.C[C@H](O)[C@@H]1[C@@H](O[Si](C)(C)C(C)(C)C)CCN1C(=O)OC(C)(C)C. The molecule has 2 aliphatic rings. The van der Waals surface area contributed by atoms with Crippen LogP contribution in [0.4, 0.5) is 9.59 Å². The van der Waals surface area contributed by atoms with E-state index in [-0.39, 0.29) is 46.6 Å². The summed E-state index contributed by atoms with van der Waals surface area (Å²) >= 11 is 0. The highest BCUT2D eigenvalue weighted by atomic mass is 28.4. The van der Waals surface area contributed by atoms with Crippen molar-refractivity contribution in [3.8, 4) is 0 Å². The molecule has 2 rings (SSSR count). The molecular formula is C34H70N2O8Si2. The molecule has 2 amide bonds. The Balaban J connectivity index is 0.000000460. The van der Waals surface area contributed by atoms with Gasteiger partial charge in [-0.05, 0) is 104 Å². The van der Waals surface area contributed by atoms with Crippen LogP contribution in [0.5, 0.6) is 0 Å². The van der Waals surface area contributed by atoms with Crippen LogP contribution in [0.2, 0.25) is 36.3 Å². The molecule has 2 heterocycles. The number of amides is 2. The molecule has 2 aliphatic heterocycles. The van der Waals surface area contributed by atoms with Gasteiger partial charge in [0.15, 0.2) is 16.6 Å². The van der Waals surface area contributed by atoms with Gasteiger partial charge in [-0.1, -0.05) is 41.5 Å². The number of likely N-dealkylation sites (tertiary alicyclic amines) is 2. The van der Waals surface area contributed by atoms with Crippen LogP contribution in [0.15, 0.2) is 0 Å². The number of aliphatic hydroxyl groups excluding tert-OH is 2. The summed E-state index contributed by atoms with van der Waals surface area (Å²) in [6.45, 7) is 37.6. The second kappa shape index (κ2) is 15.1. The van der Waals surface area contributed by atoms with E-state index in [1.165, 1.54) is 0 Å². The fraction of sp³-hybridized carbons (Fsp3) is 0.941. The molecule has 0 bridgehead atoms. The second-order valence-corrected chi connectivity index (χ2v) is 27.7. The largest absolute Gasteiger partial charge is 0.444 e. The van der Waals surface area contributed by atoms with Crippen molar-refractivity contribution in [1.82, 2.24) is 9.80 Å². The summed E-state index contributed by atoms with van der Waals surface area (Å²) in [4.78, 5) is 28.1. The lowest BCUT2D eigenvalue weighted by Crippen LogP contribution is -2.52. The first-order chi connectivity index (χ1) is 20.3. The van der Waals surface area contributed by atoms with Crippen molar-refractivity contribution < 1.29 is 38.1 Å². The maximum atomic E-state index is 12.4. The molecule has 0 unspecified atom stereocenters. The third kappa shape index (κ3) is 12.1. The van der Waals surface area contributed by atoms with Crippen LogP contribution in [0, 0.1) is 0 Å². The number of carbonyl (C=O) groups is 2. The van der Waals surface area contributed by atoms with E-state index in [2.05, 4.69) is 67.7 Å². The highest BCUT2D eigenvalue weighted by molar-refractivity contribution is 6.74. The third-order valence-electron chi connectivity index (χ3n) is 9.54. The normalized spacial score (nSPS) is 24.7. The number of hydrogen-bond acceptors (Lipinski definition) is 8. The van der Waals surface area contributed by atoms with Gasteiger partial charge in [-0.2, -0.15) is 0 Å². The number of hydrogen-bond donors (Lipinski definition) is 2. The van der Waals surface area contributed by atoms with E-state index in [1.54, 1.807) is 23.6 Å². The summed E-state index contributed by atoms with van der Waals surface area (Å²) < 4.78 is 23.9. The van der Waals surface area contributed by atoms with Crippen molar-refractivity contribution in [2.45, 2.75) is 194 Å². The number of ether oxygens (including phenoxy) is 2. The standard InChI is InChI=1S/2C17H35NO4Si/c2*1-12(19)14-13(22-23(8,9)17(5,6)7)10-11-18(14)15(20)21-16(2,3)4/h2*12-14,19H,10-11H2,1-9H3/t12-,13+,14-;12-,13-,14+/m10/s1. The second-order valence-electron chi connectivity index (χ2n) is 18.2. The minimum absolute atomic E-state index is 0.0928. The molecule has 2 fully saturated rings. The van der Waals surface area contributed by atoms with Crippen LogP contribution < -0.4 is 0 Å². The molecule has 0 aliphatic carbocycles. The molecule has 2 N–H and O–H groups in total. The zero-order chi connectivity index (χ0) is 36.4. The van der Waals surface area contributed by atoms with Crippen LogP contribution in [0.3, 0.4) is 0 Å². The van der Waals surface area contributed by atoms with Gasteiger partial charge in [0.05, 0.1) is 36.5 Å². The summed E-state index contributed by atoms with van der Waals surface area (Å²) in [7, 11) is -3.92. The minimum Gasteiger partial charge on any atom is -0.444 e. The Morgan fingerprint density at radius 3 is 1.07 bits per heavy atom. The lowest BCUT2D eigenvalue weighted by atomic mass is 10.1. The first-order valence-corrected chi connectivity index (χ1v) is 22.8. The smallest absolute Gasteiger partial charge is 0.410 e. The Bertz CT molecular complexity index is 927. The van der Waals surface area contributed by atoms with Crippen molar-refractivity contribution >= 4 is 28.8 Å². The van der Waals surface area contributed by atoms with Crippen LogP contribution in [0.1, 0.15) is 110 Å². The number of aliphatic hydroxyl groups is 2. The minimum atomic E-state index is -1.96. The summed E-state index contributed by atoms with van der Waals surface area (Å²) in [6.07, 6.45) is -0.844. The summed E-state index contributed by atoms with van der Waals surface area (Å²) in [5.74, 6) is 0. The lowest BCUT2D eigenvalue weighted by Gasteiger charge is -2.41. The van der Waals surface area contributed by atoms with Crippen molar-refractivity contribution in [3.05, 3.63) is 0 Å². The monoisotopic (exact) mass is 690 g/mol. The van der Waals surface area contributed by atoms with Crippen LogP contribution >= 0.6 is 0 Å². The van der Waals surface area contributed by atoms with Crippen molar-refractivity contribution in [2.75, 3.05) is 13.1 Å². The molecule has 46 heavy (non-hydrogen) atoms. The van der Waals surface area contributed by atoms with Gasteiger partial charge in [0, 0.05) is 13.1 Å². The molecule has 0 spiro atoms. The summed E-state index contributed by atoms with van der Waals surface area (Å²) in [5.41, 5.74) is -1.09. The molecule has 12 heteroatoms. The Labute approximate surface area is 283 Å². The van der Waals surface area contributed by atoms with E-state index in [9.17, 15) is 19.8 Å². The molecule has 0 aromatic carbocycles. The topological polar surface area (TPSA) is 118 Å². The lowest BCUT2D eigenvalue weighted by molar-refractivity contribution is -0.00829. The van der Waals surface area contributed by atoms with Crippen LogP contribution in [0.25, 0.3) is 0 Å². The Hall–Kier alpha value is -1.19. The first-order valence-electron chi connectivity index (χ1n) is 17.0. The summed E-state index contributed by atoms with van der Waals surface area (Å²) in [6, 6.07) is -0.696. The predicted octanol–water partition coefficient (Wildman–Crippen LogP) is 7.53. The van der Waals surface area contributed by atoms with Gasteiger partial charge in [0.2, 0.25) is 0 Å². The van der Waals surface area contributed by atoms with E-state index in [1.807, 2.05) is 41.5 Å². The molecule has 272 valence electrons. The number of rotatable bonds is 6. The van der Waals surface area contributed by atoms with Gasteiger partial charge >= 0.3 is 12.2 Å². The molecule has 0 aromatic heterocycles. The third-order valence-corrected chi connectivity index (χ3v) is 18.5. The Morgan fingerprint density at radius 2 is 0.870 bits per heavy atom. The van der Waals surface area contributed by atoms with Crippen molar-refractivity contribution in [2.24, 2.45) is 0 Å². The first kappa shape index (κ1) is 42.8. The van der Waals surface area contributed by atoms with Gasteiger partial charge in [0.25, 0.3) is 0 Å². The van der Waals surface area contributed by atoms with E-state index < -0.39 is 40.0 Å². The quantitative estimate of drug-likeness (QED) is 0.275. The van der Waals surface area contributed by atoms with Crippen LogP contribution in [-0.2, 0) is 18.3 Å². The van der Waals surface area contributed by atoms with E-state index in [0.29, 0.717) is 13.1 Å². The zero-order valence-corrected chi connectivity index (χ0v) is 34.5. The van der Waals surface area contributed by atoms with Gasteiger partial charge in [-0.15, -0.1) is 0 Å². The zero-order valence-electron chi connectivity index (χ0n) is 32.5. The molecule has 6 atom stereocenters. The van der Waals surface area contributed by atoms with Crippen molar-refractivity contribution in [3.63, 3.8) is 0 Å². The average Bonchev–Trinajstić information content (AvgIpc) is 3.39. The Kier molecular flexibility index (Phi) is 14.1. The number of carbonyl (C=O) groups excluding carboxylic acids is 2. The highest BCUT2D eigenvalue weighted by Crippen LogP contribution is 2.41. The van der Waals surface area contributed by atoms with Gasteiger partial charge in [0.1, 0.15) is 11.2 Å². The summed E-state index contributed by atoms with van der Waals surface area (Å²) in [5, 5.41) is 20.6. The maximum absolute atomic E-state index is 12.4. The van der Waals surface area contributed by atoms with Crippen molar-refractivity contribution in [1.29, 1.82) is 0 Å². The number of nitrogens with zero attached hydrogens (tertiary/aromatic N) is 2. The average molecular weight is 691 g/mol. The van der Waals surface area contributed by atoms with E-state index >= 15 is 0 Å². The van der Waals surface area contributed by atoms with E-state index in [0.717, 1.165) is 12.8 Å². The fourth-order valence-corrected chi connectivity index (χ4v) is 7.89. The highest BCUT2D eigenvalue weighted by Gasteiger charge is 2.49. The maximum Gasteiger partial charge on any atom is 0.410 e. The van der Waals surface area contributed by atoms with E-state index in [4.69, 9.17) is 18.3 Å². The van der Waals surface area contributed by atoms with Crippen LogP contribution in [-0.4, -0.2) is 110 Å². The molecule has 0 aromatic rings.